The third-order valence-electron chi connectivity index (χ3n) is 2.63. The van der Waals surface area contributed by atoms with Crippen molar-refractivity contribution >= 4 is 23.4 Å². The van der Waals surface area contributed by atoms with E-state index in [4.69, 9.17) is 15.7 Å². The quantitative estimate of drug-likeness (QED) is 0.615. The van der Waals surface area contributed by atoms with Gasteiger partial charge in [0.25, 0.3) is 0 Å². The van der Waals surface area contributed by atoms with Crippen LogP contribution in [0, 0.1) is 11.3 Å². The number of carbonyl (C=O) groups excluding carboxylic acids is 1. The highest BCUT2D eigenvalue weighted by Gasteiger charge is 2.10. The molecule has 0 aliphatic rings. The molecular formula is C14H19N3O2S. The van der Waals surface area contributed by atoms with Crippen molar-refractivity contribution in [1.29, 1.82) is 5.26 Å². The van der Waals surface area contributed by atoms with E-state index in [1.807, 2.05) is 25.1 Å². The van der Waals surface area contributed by atoms with E-state index >= 15 is 0 Å². The highest BCUT2D eigenvalue weighted by Crippen LogP contribution is 2.29. The number of nitriles is 1. The van der Waals surface area contributed by atoms with E-state index < -0.39 is 0 Å². The zero-order valence-corrected chi connectivity index (χ0v) is 12.6. The van der Waals surface area contributed by atoms with E-state index in [9.17, 15) is 4.79 Å². The summed E-state index contributed by atoms with van der Waals surface area (Å²) >= 11 is 1.38. The first-order chi connectivity index (χ1) is 9.58. The summed E-state index contributed by atoms with van der Waals surface area (Å²) in [5, 5.41) is 8.50. The van der Waals surface area contributed by atoms with Crippen LogP contribution in [0.4, 0.5) is 5.69 Å². The van der Waals surface area contributed by atoms with Gasteiger partial charge in [-0.1, -0.05) is 0 Å². The number of anilines is 1. The largest absolute Gasteiger partial charge is 0.494 e. The minimum atomic E-state index is -0.0218. The zero-order valence-electron chi connectivity index (χ0n) is 11.8. The second-order valence-electron chi connectivity index (χ2n) is 4.14. The van der Waals surface area contributed by atoms with Crippen molar-refractivity contribution in [3.8, 4) is 11.8 Å². The molecule has 0 saturated carbocycles. The van der Waals surface area contributed by atoms with E-state index in [0.29, 0.717) is 31.0 Å². The molecule has 0 bridgehead atoms. The third-order valence-corrected chi connectivity index (χ3v) is 3.69. The van der Waals surface area contributed by atoms with Gasteiger partial charge in [0.2, 0.25) is 5.91 Å². The van der Waals surface area contributed by atoms with Crippen LogP contribution < -0.4 is 10.5 Å². The molecule has 0 fully saturated rings. The first-order valence-electron chi connectivity index (χ1n) is 6.34. The zero-order chi connectivity index (χ0) is 15.0. The highest BCUT2D eigenvalue weighted by molar-refractivity contribution is 8.00. The van der Waals surface area contributed by atoms with Crippen molar-refractivity contribution in [1.82, 2.24) is 4.90 Å². The Morgan fingerprint density at radius 1 is 1.55 bits per heavy atom. The van der Waals surface area contributed by atoms with E-state index in [-0.39, 0.29) is 5.91 Å². The van der Waals surface area contributed by atoms with Gasteiger partial charge in [0.1, 0.15) is 5.75 Å². The number of carbonyl (C=O) groups is 1. The average molecular weight is 293 g/mol. The lowest BCUT2D eigenvalue weighted by Gasteiger charge is -2.15. The molecule has 1 rings (SSSR count). The molecule has 108 valence electrons. The Morgan fingerprint density at radius 2 is 2.30 bits per heavy atom. The summed E-state index contributed by atoms with van der Waals surface area (Å²) < 4.78 is 5.41. The SMILES string of the molecule is CCOc1ccc(N)c(SCC(=O)N(C)CCC#N)c1. The van der Waals surface area contributed by atoms with Crippen LogP contribution in [0.25, 0.3) is 0 Å². The number of ether oxygens (including phenoxy) is 1. The van der Waals surface area contributed by atoms with Crippen LogP contribution in [0.5, 0.6) is 5.75 Å². The smallest absolute Gasteiger partial charge is 0.232 e. The van der Waals surface area contributed by atoms with Gasteiger partial charge in [0.05, 0.1) is 24.8 Å². The molecule has 0 unspecified atom stereocenters. The summed E-state index contributed by atoms with van der Waals surface area (Å²) in [5.41, 5.74) is 6.51. The van der Waals surface area contributed by atoms with Gasteiger partial charge in [-0.2, -0.15) is 5.26 Å². The predicted octanol–water partition coefficient (Wildman–Crippen LogP) is 2.13. The monoisotopic (exact) mass is 293 g/mol. The Bertz CT molecular complexity index is 500. The van der Waals surface area contributed by atoms with Crippen LogP contribution in [0.3, 0.4) is 0 Å². The third kappa shape index (κ3) is 5.02. The number of hydrogen-bond donors (Lipinski definition) is 1. The van der Waals surface area contributed by atoms with Crippen molar-refractivity contribution in [2.24, 2.45) is 0 Å². The number of hydrogen-bond acceptors (Lipinski definition) is 5. The van der Waals surface area contributed by atoms with Gasteiger partial charge in [-0.15, -0.1) is 11.8 Å². The van der Waals surface area contributed by atoms with Crippen molar-refractivity contribution in [2.45, 2.75) is 18.2 Å². The van der Waals surface area contributed by atoms with Crippen LogP contribution in [-0.2, 0) is 4.79 Å². The lowest BCUT2D eigenvalue weighted by Crippen LogP contribution is -2.29. The fraction of sp³-hybridized carbons (Fsp3) is 0.429. The molecule has 0 heterocycles. The van der Waals surface area contributed by atoms with Crippen LogP contribution >= 0.6 is 11.8 Å². The molecule has 0 aromatic heterocycles. The molecule has 0 radical (unpaired) electrons. The first kappa shape index (κ1) is 16.2. The summed E-state index contributed by atoms with van der Waals surface area (Å²) in [4.78, 5) is 14.3. The van der Waals surface area contributed by atoms with Crippen LogP contribution in [-0.4, -0.2) is 36.8 Å². The fourth-order valence-electron chi connectivity index (χ4n) is 1.49. The molecule has 1 aromatic carbocycles. The second-order valence-corrected chi connectivity index (χ2v) is 5.16. The highest BCUT2D eigenvalue weighted by atomic mass is 32.2. The Hall–Kier alpha value is -1.87. The molecule has 20 heavy (non-hydrogen) atoms. The summed E-state index contributed by atoms with van der Waals surface area (Å²) in [5.74, 6) is 1.02. The molecule has 2 N–H and O–H groups in total. The molecule has 0 spiro atoms. The second kappa shape index (κ2) is 8.33. The number of thioether (sulfide) groups is 1. The van der Waals surface area contributed by atoms with Gasteiger partial charge in [-0.25, -0.2) is 0 Å². The number of benzene rings is 1. The minimum absolute atomic E-state index is 0.0218. The van der Waals surface area contributed by atoms with Gasteiger partial charge in [0.15, 0.2) is 0 Å². The summed E-state index contributed by atoms with van der Waals surface area (Å²) in [6, 6.07) is 7.44. The number of nitrogens with zero attached hydrogens (tertiary/aromatic N) is 2. The van der Waals surface area contributed by atoms with Gasteiger partial charge < -0.3 is 15.4 Å². The van der Waals surface area contributed by atoms with Crippen molar-refractivity contribution in [3.05, 3.63) is 18.2 Å². The van der Waals surface area contributed by atoms with Crippen molar-refractivity contribution in [3.63, 3.8) is 0 Å². The molecular weight excluding hydrogens is 274 g/mol. The van der Waals surface area contributed by atoms with Crippen molar-refractivity contribution in [2.75, 3.05) is 31.7 Å². The maximum absolute atomic E-state index is 11.9. The van der Waals surface area contributed by atoms with Crippen LogP contribution in [0.15, 0.2) is 23.1 Å². The molecule has 0 atom stereocenters. The first-order valence-corrected chi connectivity index (χ1v) is 7.33. The van der Waals surface area contributed by atoms with Crippen LogP contribution in [0.1, 0.15) is 13.3 Å². The molecule has 0 aliphatic heterocycles. The standard InChI is InChI=1S/C14H19N3O2S/c1-3-19-11-5-6-12(16)13(9-11)20-10-14(18)17(2)8-4-7-15/h5-6,9H,3-4,8,10,16H2,1-2H3. The maximum atomic E-state index is 11.9. The Labute approximate surface area is 123 Å². The number of nitrogens with two attached hydrogens (primary N) is 1. The van der Waals surface area contributed by atoms with E-state index in [0.717, 1.165) is 10.6 Å². The average Bonchev–Trinajstić information content (AvgIpc) is 2.45. The van der Waals surface area contributed by atoms with Gasteiger partial charge in [-0.3, -0.25) is 4.79 Å². The molecule has 6 heteroatoms. The predicted molar refractivity (Wildman–Crippen MR) is 80.6 cm³/mol. The van der Waals surface area contributed by atoms with Gasteiger partial charge >= 0.3 is 0 Å². The number of rotatable bonds is 7. The van der Waals surface area contributed by atoms with E-state index in [1.54, 1.807) is 18.0 Å². The van der Waals surface area contributed by atoms with Gasteiger partial charge in [-0.05, 0) is 25.1 Å². The lowest BCUT2D eigenvalue weighted by molar-refractivity contribution is -0.127. The van der Waals surface area contributed by atoms with E-state index in [2.05, 4.69) is 0 Å². The summed E-state index contributed by atoms with van der Waals surface area (Å²) in [6.45, 7) is 2.95. The maximum Gasteiger partial charge on any atom is 0.232 e. The number of nitrogen functional groups attached to an aromatic ring is 1. The number of amides is 1. The molecule has 0 aliphatic carbocycles. The van der Waals surface area contributed by atoms with Crippen LogP contribution in [0.2, 0.25) is 0 Å². The summed E-state index contributed by atoms with van der Waals surface area (Å²) in [6.07, 6.45) is 0.342. The topological polar surface area (TPSA) is 79.3 Å². The summed E-state index contributed by atoms with van der Waals surface area (Å²) in [7, 11) is 1.69. The molecule has 5 nitrogen and oxygen atoms in total. The molecule has 1 aromatic rings. The Balaban J connectivity index is 2.58. The Kier molecular flexibility index (Phi) is 6.74. The lowest BCUT2D eigenvalue weighted by atomic mass is 10.3. The minimum Gasteiger partial charge on any atom is -0.494 e. The van der Waals surface area contributed by atoms with E-state index in [1.165, 1.54) is 11.8 Å². The molecule has 1 amide bonds. The van der Waals surface area contributed by atoms with Crippen molar-refractivity contribution < 1.29 is 9.53 Å². The van der Waals surface area contributed by atoms with Gasteiger partial charge in [0, 0.05) is 24.2 Å². The normalized spacial score (nSPS) is 9.85. The fourth-order valence-corrected chi connectivity index (χ4v) is 2.42. The Morgan fingerprint density at radius 3 is 2.95 bits per heavy atom. The molecule has 0 saturated heterocycles.